The molecule has 6 heteroatoms. The first kappa shape index (κ1) is 19.0. The number of carbonyl (C=O) groups excluding carboxylic acids is 1. The van der Waals surface area contributed by atoms with Crippen molar-refractivity contribution >= 4 is 22.4 Å². The molecule has 4 fully saturated rings. The average molecular weight is 412 g/mol. The Morgan fingerprint density at radius 2 is 1.76 bits per heavy atom. The summed E-state index contributed by atoms with van der Waals surface area (Å²) in [4.78, 5) is 12.6. The molecule has 4 aliphatic carbocycles. The smallest absolute Gasteiger partial charge is 0.257 e. The Hall–Kier alpha value is -1.95. The van der Waals surface area contributed by atoms with E-state index in [2.05, 4.69) is 22.4 Å². The highest BCUT2D eigenvalue weighted by Gasteiger charge is 2.53. The lowest BCUT2D eigenvalue weighted by Gasteiger charge is -2.55. The molecule has 0 saturated heterocycles. The normalized spacial score (nSPS) is 29.8. The standard InChI is InChI=1S/C23H29N3O2S/c1-2-3-8-28-19-6-4-18(5-7-19)20(27)24-22-26-25-21(29-22)23-12-15-9-16(13-23)11-17(10-15)14-23/h4-7,15-17H,2-3,8-14H2,1H3,(H,24,26,27). The topological polar surface area (TPSA) is 64.1 Å². The third-order valence-electron chi connectivity index (χ3n) is 7.02. The van der Waals surface area contributed by atoms with Gasteiger partial charge in [-0.3, -0.25) is 10.1 Å². The molecule has 0 aliphatic heterocycles. The van der Waals surface area contributed by atoms with Crippen molar-refractivity contribution in [2.24, 2.45) is 17.8 Å². The molecule has 4 saturated carbocycles. The second-order valence-electron chi connectivity index (χ2n) is 9.29. The molecular weight excluding hydrogens is 382 g/mol. The summed E-state index contributed by atoms with van der Waals surface area (Å²) in [5.74, 6) is 3.29. The minimum Gasteiger partial charge on any atom is -0.494 e. The van der Waals surface area contributed by atoms with Crippen molar-refractivity contribution in [1.29, 1.82) is 0 Å². The van der Waals surface area contributed by atoms with Crippen LogP contribution >= 0.6 is 11.3 Å². The highest BCUT2D eigenvalue weighted by Crippen LogP contribution is 2.61. The molecule has 1 N–H and O–H groups in total. The first-order valence-electron chi connectivity index (χ1n) is 11.0. The summed E-state index contributed by atoms with van der Waals surface area (Å²) in [5.41, 5.74) is 0.840. The van der Waals surface area contributed by atoms with Gasteiger partial charge in [0, 0.05) is 11.0 Å². The van der Waals surface area contributed by atoms with E-state index < -0.39 is 0 Å². The van der Waals surface area contributed by atoms with Crippen molar-refractivity contribution in [2.45, 2.75) is 63.7 Å². The number of carbonyl (C=O) groups is 1. The first-order chi connectivity index (χ1) is 14.1. The van der Waals surface area contributed by atoms with Gasteiger partial charge in [-0.2, -0.15) is 0 Å². The molecule has 0 spiro atoms. The molecule has 1 heterocycles. The van der Waals surface area contributed by atoms with Crippen molar-refractivity contribution in [2.75, 3.05) is 11.9 Å². The molecule has 4 aliphatic rings. The Kier molecular flexibility index (Phi) is 5.06. The van der Waals surface area contributed by atoms with Gasteiger partial charge in [-0.25, -0.2) is 0 Å². The predicted molar refractivity (Wildman–Crippen MR) is 115 cm³/mol. The van der Waals surface area contributed by atoms with E-state index in [-0.39, 0.29) is 11.3 Å². The SMILES string of the molecule is CCCCOc1ccc(C(=O)Nc2nnc(C34CC5CC(CC(C5)C3)C4)s2)cc1. The van der Waals surface area contributed by atoms with E-state index >= 15 is 0 Å². The van der Waals surface area contributed by atoms with Crippen LogP contribution < -0.4 is 10.1 Å². The molecule has 4 bridgehead atoms. The number of nitrogens with one attached hydrogen (secondary N) is 1. The lowest BCUT2D eigenvalue weighted by atomic mass is 9.50. The number of aromatic nitrogens is 2. The van der Waals surface area contributed by atoms with Crippen molar-refractivity contribution in [3.8, 4) is 5.75 Å². The molecule has 2 aromatic rings. The van der Waals surface area contributed by atoms with E-state index in [1.54, 1.807) is 23.5 Å². The van der Waals surface area contributed by atoms with Gasteiger partial charge in [-0.05, 0) is 87.0 Å². The van der Waals surface area contributed by atoms with Crippen LogP contribution in [0.25, 0.3) is 0 Å². The van der Waals surface area contributed by atoms with Crippen molar-refractivity contribution in [1.82, 2.24) is 10.2 Å². The summed E-state index contributed by atoms with van der Waals surface area (Å²) in [7, 11) is 0. The van der Waals surface area contributed by atoms with Crippen molar-refractivity contribution in [3.05, 3.63) is 34.8 Å². The summed E-state index contributed by atoms with van der Waals surface area (Å²) < 4.78 is 5.67. The van der Waals surface area contributed by atoms with Crippen LogP contribution in [-0.2, 0) is 5.41 Å². The fourth-order valence-electron chi connectivity index (χ4n) is 6.07. The second-order valence-corrected chi connectivity index (χ2v) is 10.3. The summed E-state index contributed by atoms with van der Waals surface area (Å²) in [6, 6.07) is 7.31. The Labute approximate surface area is 176 Å². The van der Waals surface area contributed by atoms with Crippen LogP contribution in [-0.4, -0.2) is 22.7 Å². The maximum Gasteiger partial charge on any atom is 0.257 e. The third kappa shape index (κ3) is 3.79. The second kappa shape index (κ2) is 7.71. The molecular formula is C23H29N3O2S. The molecule has 29 heavy (non-hydrogen) atoms. The van der Waals surface area contributed by atoms with Crippen LogP contribution in [0.4, 0.5) is 5.13 Å². The number of nitrogens with zero attached hydrogens (tertiary/aromatic N) is 2. The van der Waals surface area contributed by atoms with E-state index in [9.17, 15) is 4.79 Å². The number of hydrogen-bond donors (Lipinski definition) is 1. The fraction of sp³-hybridized carbons (Fsp3) is 0.609. The number of hydrogen-bond acceptors (Lipinski definition) is 5. The summed E-state index contributed by atoms with van der Waals surface area (Å²) in [5, 5.41) is 13.6. The highest BCUT2D eigenvalue weighted by molar-refractivity contribution is 7.15. The van der Waals surface area contributed by atoms with E-state index in [4.69, 9.17) is 4.74 Å². The number of benzene rings is 1. The molecule has 154 valence electrons. The zero-order chi connectivity index (χ0) is 19.8. The Balaban J connectivity index is 1.24. The number of anilines is 1. The van der Waals surface area contributed by atoms with Gasteiger partial charge in [0.05, 0.1) is 6.61 Å². The Bertz CT molecular complexity index is 841. The number of amides is 1. The maximum atomic E-state index is 12.6. The van der Waals surface area contributed by atoms with Gasteiger partial charge in [0.1, 0.15) is 10.8 Å². The lowest BCUT2D eigenvalue weighted by Crippen LogP contribution is -2.48. The Morgan fingerprint density at radius 3 is 2.38 bits per heavy atom. The van der Waals surface area contributed by atoms with Crippen LogP contribution in [0.1, 0.15) is 73.7 Å². The monoisotopic (exact) mass is 411 g/mol. The van der Waals surface area contributed by atoms with Gasteiger partial charge in [0.15, 0.2) is 0 Å². The Morgan fingerprint density at radius 1 is 1.10 bits per heavy atom. The quantitative estimate of drug-likeness (QED) is 0.617. The van der Waals surface area contributed by atoms with E-state index in [1.807, 2.05) is 12.1 Å². The summed E-state index contributed by atoms with van der Waals surface area (Å²) in [6.45, 7) is 2.85. The minimum absolute atomic E-state index is 0.140. The van der Waals surface area contributed by atoms with Gasteiger partial charge >= 0.3 is 0 Å². The van der Waals surface area contributed by atoms with E-state index in [1.165, 1.54) is 38.5 Å². The van der Waals surface area contributed by atoms with Gasteiger partial charge in [-0.1, -0.05) is 24.7 Å². The first-order valence-corrected chi connectivity index (χ1v) is 11.8. The van der Waals surface area contributed by atoms with Crippen molar-refractivity contribution < 1.29 is 9.53 Å². The molecule has 0 unspecified atom stereocenters. The zero-order valence-electron chi connectivity index (χ0n) is 17.0. The number of ether oxygens (including phenoxy) is 1. The van der Waals surface area contributed by atoms with Crippen LogP contribution in [0.5, 0.6) is 5.75 Å². The molecule has 1 aromatic carbocycles. The van der Waals surface area contributed by atoms with E-state index in [0.29, 0.717) is 17.3 Å². The molecule has 0 radical (unpaired) electrons. The fourth-order valence-corrected chi connectivity index (χ4v) is 7.02. The van der Waals surface area contributed by atoms with Gasteiger partial charge < -0.3 is 4.74 Å². The number of rotatable bonds is 7. The van der Waals surface area contributed by atoms with Crippen LogP contribution in [0.2, 0.25) is 0 Å². The molecule has 1 amide bonds. The lowest BCUT2D eigenvalue weighted by molar-refractivity contribution is -0.00555. The zero-order valence-corrected chi connectivity index (χ0v) is 17.8. The van der Waals surface area contributed by atoms with Crippen LogP contribution in [0.15, 0.2) is 24.3 Å². The average Bonchev–Trinajstić information content (AvgIpc) is 3.17. The summed E-state index contributed by atoms with van der Waals surface area (Å²) >= 11 is 1.58. The van der Waals surface area contributed by atoms with E-state index in [0.717, 1.165) is 41.4 Å². The maximum absolute atomic E-state index is 12.6. The van der Waals surface area contributed by atoms with Gasteiger partial charge in [0.2, 0.25) is 5.13 Å². The van der Waals surface area contributed by atoms with Gasteiger partial charge in [-0.15, -0.1) is 10.2 Å². The largest absolute Gasteiger partial charge is 0.494 e. The van der Waals surface area contributed by atoms with Crippen LogP contribution in [0.3, 0.4) is 0 Å². The van der Waals surface area contributed by atoms with Crippen molar-refractivity contribution in [3.63, 3.8) is 0 Å². The predicted octanol–water partition coefficient (Wildman–Crippen LogP) is 5.44. The summed E-state index contributed by atoms with van der Waals surface area (Å²) in [6.07, 6.45) is 10.2. The van der Waals surface area contributed by atoms with Crippen LogP contribution in [0, 0.1) is 17.8 Å². The highest BCUT2D eigenvalue weighted by atomic mass is 32.1. The minimum atomic E-state index is -0.140. The molecule has 5 nitrogen and oxygen atoms in total. The third-order valence-corrected chi connectivity index (χ3v) is 8.11. The molecule has 1 aromatic heterocycles. The molecule has 6 rings (SSSR count). The molecule has 0 atom stereocenters. The van der Waals surface area contributed by atoms with Gasteiger partial charge in [0.25, 0.3) is 5.91 Å². The number of unbranched alkanes of at least 4 members (excludes halogenated alkanes) is 1.